The van der Waals surface area contributed by atoms with Gasteiger partial charge in [0.15, 0.2) is 0 Å². The van der Waals surface area contributed by atoms with Crippen LogP contribution < -0.4 is 5.32 Å². The van der Waals surface area contributed by atoms with Crippen molar-refractivity contribution in [1.29, 1.82) is 0 Å². The third-order valence-corrected chi connectivity index (χ3v) is 3.87. The lowest BCUT2D eigenvalue weighted by Crippen LogP contribution is -2.53. The zero-order valence-corrected chi connectivity index (χ0v) is 11.3. The second kappa shape index (κ2) is 5.69. The van der Waals surface area contributed by atoms with Gasteiger partial charge in [0.2, 0.25) is 11.8 Å². The first-order valence-electron chi connectivity index (χ1n) is 6.86. The Morgan fingerprint density at radius 3 is 2.56 bits per heavy atom. The molecule has 102 valence electrons. The zero-order valence-electron chi connectivity index (χ0n) is 11.3. The largest absolute Gasteiger partial charge is 0.347 e. The van der Waals surface area contributed by atoms with E-state index in [-0.39, 0.29) is 23.9 Å². The average molecular weight is 253 g/mol. The highest BCUT2D eigenvalue weighted by Crippen LogP contribution is 2.21. The van der Waals surface area contributed by atoms with Crippen molar-refractivity contribution in [2.75, 3.05) is 27.2 Å². The molecule has 0 aromatic rings. The number of nitrogens with one attached hydrogen (secondary N) is 1. The fourth-order valence-electron chi connectivity index (χ4n) is 2.85. The van der Waals surface area contributed by atoms with E-state index in [0.29, 0.717) is 0 Å². The summed E-state index contributed by atoms with van der Waals surface area (Å²) in [6.07, 6.45) is 4.88. The molecule has 2 atom stereocenters. The molecule has 2 unspecified atom stereocenters. The van der Waals surface area contributed by atoms with E-state index in [9.17, 15) is 9.59 Å². The fraction of sp³-hybridized carbons (Fsp3) is 0.846. The maximum Gasteiger partial charge on any atom is 0.244 e. The van der Waals surface area contributed by atoms with Crippen molar-refractivity contribution in [2.45, 2.75) is 44.2 Å². The lowest BCUT2D eigenvalue weighted by molar-refractivity contribution is -0.143. The topological polar surface area (TPSA) is 52.7 Å². The van der Waals surface area contributed by atoms with Gasteiger partial charge in [-0.05, 0) is 32.2 Å². The Hall–Kier alpha value is -1.10. The molecule has 5 nitrogen and oxygen atoms in total. The summed E-state index contributed by atoms with van der Waals surface area (Å²) in [7, 11) is 3.50. The smallest absolute Gasteiger partial charge is 0.244 e. The van der Waals surface area contributed by atoms with Crippen LogP contribution in [0.25, 0.3) is 0 Å². The number of likely N-dealkylation sites (tertiary alicyclic amines) is 1. The van der Waals surface area contributed by atoms with E-state index in [1.54, 1.807) is 23.9 Å². The highest BCUT2D eigenvalue weighted by atomic mass is 16.2. The van der Waals surface area contributed by atoms with Gasteiger partial charge in [0.05, 0.1) is 6.04 Å². The number of nitrogens with zero attached hydrogens (tertiary/aromatic N) is 2. The van der Waals surface area contributed by atoms with Crippen molar-refractivity contribution in [2.24, 2.45) is 0 Å². The van der Waals surface area contributed by atoms with Crippen molar-refractivity contribution >= 4 is 11.8 Å². The third kappa shape index (κ3) is 2.66. The molecule has 2 saturated heterocycles. The first-order chi connectivity index (χ1) is 8.61. The number of hydrogen-bond donors (Lipinski definition) is 1. The Kier molecular flexibility index (Phi) is 4.22. The number of carbonyl (C=O) groups excluding carboxylic acids is 2. The lowest BCUT2D eigenvalue weighted by Gasteiger charge is -2.31. The molecule has 5 heteroatoms. The molecule has 18 heavy (non-hydrogen) atoms. The van der Waals surface area contributed by atoms with E-state index < -0.39 is 0 Å². The van der Waals surface area contributed by atoms with Crippen LogP contribution in [0.3, 0.4) is 0 Å². The number of piperidine rings is 1. The summed E-state index contributed by atoms with van der Waals surface area (Å²) in [5, 5.41) is 3.27. The molecule has 0 aromatic carbocycles. The van der Waals surface area contributed by atoms with E-state index >= 15 is 0 Å². The van der Waals surface area contributed by atoms with Gasteiger partial charge in [-0.3, -0.25) is 9.59 Å². The van der Waals surface area contributed by atoms with Gasteiger partial charge in [0.25, 0.3) is 0 Å². The third-order valence-electron chi connectivity index (χ3n) is 3.87. The van der Waals surface area contributed by atoms with E-state index in [0.717, 1.165) is 45.2 Å². The molecule has 2 heterocycles. The van der Waals surface area contributed by atoms with Gasteiger partial charge in [0.1, 0.15) is 6.04 Å². The molecule has 2 aliphatic heterocycles. The van der Waals surface area contributed by atoms with E-state index in [1.807, 2.05) is 0 Å². The van der Waals surface area contributed by atoms with Gasteiger partial charge in [-0.25, -0.2) is 0 Å². The van der Waals surface area contributed by atoms with Gasteiger partial charge < -0.3 is 15.1 Å². The molecule has 1 N–H and O–H groups in total. The van der Waals surface area contributed by atoms with Crippen LogP contribution in [0, 0.1) is 0 Å². The maximum atomic E-state index is 12.4. The van der Waals surface area contributed by atoms with Crippen molar-refractivity contribution in [3.63, 3.8) is 0 Å². The van der Waals surface area contributed by atoms with E-state index in [2.05, 4.69) is 5.32 Å². The number of carbonyl (C=O) groups is 2. The highest BCUT2D eigenvalue weighted by molar-refractivity contribution is 5.90. The molecule has 0 aliphatic carbocycles. The van der Waals surface area contributed by atoms with Gasteiger partial charge in [-0.2, -0.15) is 0 Å². The number of rotatable bonds is 2. The predicted octanol–water partition coefficient (Wildman–Crippen LogP) is 0.208. The van der Waals surface area contributed by atoms with Crippen molar-refractivity contribution in [1.82, 2.24) is 15.1 Å². The van der Waals surface area contributed by atoms with Crippen molar-refractivity contribution < 1.29 is 9.59 Å². The van der Waals surface area contributed by atoms with Crippen molar-refractivity contribution in [3.8, 4) is 0 Å². The molecule has 0 saturated carbocycles. The number of likely N-dealkylation sites (N-methyl/N-ethyl adjacent to an activating group) is 1. The SMILES string of the molecule is CN(C)C(=O)C1CCCN1C(=O)C1CCCCN1. The summed E-state index contributed by atoms with van der Waals surface area (Å²) in [4.78, 5) is 27.9. The quantitative estimate of drug-likeness (QED) is 0.765. The van der Waals surface area contributed by atoms with Crippen LogP contribution in [0.1, 0.15) is 32.1 Å². The summed E-state index contributed by atoms with van der Waals surface area (Å²) in [5.74, 6) is 0.170. The first kappa shape index (κ1) is 13.3. The minimum atomic E-state index is -0.240. The molecule has 0 aromatic heterocycles. The molecular weight excluding hydrogens is 230 g/mol. The number of amides is 2. The van der Waals surface area contributed by atoms with Crippen LogP contribution in [0.15, 0.2) is 0 Å². The van der Waals surface area contributed by atoms with E-state index in [4.69, 9.17) is 0 Å². The minimum absolute atomic E-state index is 0.0525. The zero-order chi connectivity index (χ0) is 13.1. The molecule has 0 spiro atoms. The molecule has 2 fully saturated rings. The fourth-order valence-corrected chi connectivity index (χ4v) is 2.85. The molecule has 2 rings (SSSR count). The maximum absolute atomic E-state index is 12.4. The highest BCUT2D eigenvalue weighted by Gasteiger charge is 2.37. The molecule has 2 amide bonds. The second-order valence-electron chi connectivity index (χ2n) is 5.42. The predicted molar refractivity (Wildman–Crippen MR) is 69.1 cm³/mol. The summed E-state index contributed by atoms with van der Waals surface area (Å²) in [6.45, 7) is 1.64. The molecular formula is C13H23N3O2. The molecule has 0 bridgehead atoms. The molecule has 0 radical (unpaired) electrons. The minimum Gasteiger partial charge on any atom is -0.347 e. The number of hydrogen-bond acceptors (Lipinski definition) is 3. The Morgan fingerprint density at radius 2 is 1.94 bits per heavy atom. The Labute approximate surface area is 108 Å². The standard InChI is InChI=1S/C13H23N3O2/c1-15(2)13(18)11-7-5-9-16(11)12(17)10-6-3-4-8-14-10/h10-11,14H,3-9H2,1-2H3. The summed E-state index contributed by atoms with van der Waals surface area (Å²) in [6, 6.07) is -0.314. The van der Waals surface area contributed by atoms with Gasteiger partial charge in [-0.15, -0.1) is 0 Å². The average Bonchev–Trinajstić information content (AvgIpc) is 2.87. The summed E-state index contributed by atoms with van der Waals surface area (Å²) < 4.78 is 0. The van der Waals surface area contributed by atoms with Crippen LogP contribution in [-0.4, -0.2) is 60.9 Å². The van der Waals surface area contributed by atoms with Crippen LogP contribution in [0.5, 0.6) is 0 Å². The Balaban J connectivity index is 2.01. The van der Waals surface area contributed by atoms with E-state index in [1.165, 1.54) is 0 Å². The Bertz CT molecular complexity index is 324. The van der Waals surface area contributed by atoms with Crippen molar-refractivity contribution in [3.05, 3.63) is 0 Å². The van der Waals surface area contributed by atoms with Gasteiger partial charge >= 0.3 is 0 Å². The van der Waals surface area contributed by atoms with Crippen LogP contribution in [0.2, 0.25) is 0 Å². The lowest BCUT2D eigenvalue weighted by atomic mass is 10.0. The molecule has 2 aliphatic rings. The van der Waals surface area contributed by atoms with Crippen LogP contribution in [0.4, 0.5) is 0 Å². The first-order valence-corrected chi connectivity index (χ1v) is 6.86. The second-order valence-corrected chi connectivity index (χ2v) is 5.42. The van der Waals surface area contributed by atoms with Crippen LogP contribution >= 0.6 is 0 Å². The normalized spacial score (nSPS) is 28.2. The van der Waals surface area contributed by atoms with Gasteiger partial charge in [-0.1, -0.05) is 6.42 Å². The monoisotopic (exact) mass is 253 g/mol. The summed E-state index contributed by atoms with van der Waals surface area (Å²) >= 11 is 0. The van der Waals surface area contributed by atoms with Gasteiger partial charge in [0, 0.05) is 20.6 Å². The Morgan fingerprint density at radius 1 is 1.17 bits per heavy atom. The van der Waals surface area contributed by atoms with Crippen LogP contribution in [-0.2, 0) is 9.59 Å². The summed E-state index contributed by atoms with van der Waals surface area (Å²) in [5.41, 5.74) is 0.